The van der Waals surface area contributed by atoms with E-state index in [1.165, 1.54) is 19.0 Å². The predicted molar refractivity (Wildman–Crippen MR) is 74.4 cm³/mol. The van der Waals surface area contributed by atoms with Gasteiger partial charge in [0, 0.05) is 5.92 Å². The summed E-state index contributed by atoms with van der Waals surface area (Å²) < 4.78 is 12.7. The van der Waals surface area contributed by atoms with Crippen LogP contribution in [0.15, 0.2) is 12.4 Å². The van der Waals surface area contributed by atoms with Crippen molar-refractivity contribution in [3.05, 3.63) is 23.7 Å². The van der Waals surface area contributed by atoms with Crippen molar-refractivity contribution >= 4 is 11.6 Å². The lowest BCUT2D eigenvalue weighted by molar-refractivity contribution is 0.0528. The zero-order valence-electron chi connectivity index (χ0n) is 11.9. The van der Waals surface area contributed by atoms with Gasteiger partial charge in [0.2, 0.25) is 0 Å². The third-order valence-corrected chi connectivity index (χ3v) is 4.35. The molecule has 0 bridgehead atoms. The minimum Gasteiger partial charge on any atom is -0.487 e. The molecule has 0 radical (unpaired) electrons. The molecular formula is C15H17N3O3. The normalized spacial score (nSPS) is 23.5. The molecule has 6 nitrogen and oxygen atoms in total. The highest BCUT2D eigenvalue weighted by atomic mass is 16.5. The number of ether oxygens (including phenoxy) is 2. The summed E-state index contributed by atoms with van der Waals surface area (Å²) >= 11 is 0. The Labute approximate surface area is 122 Å². The summed E-state index contributed by atoms with van der Waals surface area (Å²) in [6.45, 7) is 2.13. The molecule has 0 saturated heterocycles. The van der Waals surface area contributed by atoms with E-state index >= 15 is 0 Å². The number of carbonyl (C=O) groups is 1. The molecule has 0 spiro atoms. The molecule has 0 unspecified atom stereocenters. The van der Waals surface area contributed by atoms with Crippen LogP contribution in [-0.2, 0) is 11.2 Å². The lowest BCUT2D eigenvalue weighted by atomic mass is 9.96. The van der Waals surface area contributed by atoms with E-state index in [0.29, 0.717) is 29.8 Å². The summed E-state index contributed by atoms with van der Waals surface area (Å²) in [6.07, 6.45) is 8.10. The molecule has 1 fully saturated rings. The summed E-state index contributed by atoms with van der Waals surface area (Å²) in [6, 6.07) is 0. The van der Waals surface area contributed by atoms with Crippen molar-refractivity contribution in [1.82, 2.24) is 14.6 Å². The predicted octanol–water partition coefficient (Wildman–Crippen LogP) is 2.01. The highest BCUT2D eigenvalue weighted by Crippen LogP contribution is 2.38. The summed E-state index contributed by atoms with van der Waals surface area (Å²) in [5.41, 5.74) is 1.89. The Hall–Kier alpha value is -2.11. The average Bonchev–Trinajstić information content (AvgIpc) is 3.08. The maximum absolute atomic E-state index is 11.9. The average molecular weight is 287 g/mol. The van der Waals surface area contributed by atoms with Gasteiger partial charge >= 0.3 is 5.97 Å². The van der Waals surface area contributed by atoms with Crippen molar-refractivity contribution in [1.29, 1.82) is 0 Å². The molecule has 1 aliphatic heterocycles. The van der Waals surface area contributed by atoms with E-state index in [-0.39, 0.29) is 5.97 Å². The van der Waals surface area contributed by atoms with Crippen LogP contribution in [0.3, 0.4) is 0 Å². The van der Waals surface area contributed by atoms with Gasteiger partial charge in [-0.25, -0.2) is 14.3 Å². The Bertz CT molecular complexity index is 709. The second-order valence-electron chi connectivity index (χ2n) is 5.65. The summed E-state index contributed by atoms with van der Waals surface area (Å²) in [7, 11) is 0. The monoisotopic (exact) mass is 287 g/mol. The third-order valence-electron chi connectivity index (χ3n) is 4.35. The van der Waals surface area contributed by atoms with E-state index in [1.54, 1.807) is 11.4 Å². The van der Waals surface area contributed by atoms with E-state index in [9.17, 15) is 4.79 Å². The molecule has 110 valence electrons. The van der Waals surface area contributed by atoms with Gasteiger partial charge in [0.05, 0.1) is 24.7 Å². The maximum atomic E-state index is 11.9. The van der Waals surface area contributed by atoms with Crippen LogP contribution in [0.1, 0.15) is 42.2 Å². The molecule has 1 saturated carbocycles. The van der Waals surface area contributed by atoms with Gasteiger partial charge in [-0.3, -0.25) is 0 Å². The number of rotatable bonds is 2. The van der Waals surface area contributed by atoms with E-state index in [2.05, 4.69) is 10.1 Å². The molecule has 0 N–H and O–H groups in total. The van der Waals surface area contributed by atoms with Gasteiger partial charge in [-0.2, -0.15) is 5.10 Å². The molecule has 2 atom stereocenters. The molecule has 2 aromatic rings. The highest BCUT2D eigenvalue weighted by molar-refractivity contribution is 5.95. The minimum absolute atomic E-state index is 0.317. The quantitative estimate of drug-likeness (QED) is 0.790. The van der Waals surface area contributed by atoms with Crippen LogP contribution in [0.5, 0.6) is 5.75 Å². The summed E-state index contributed by atoms with van der Waals surface area (Å²) in [4.78, 5) is 16.5. The molecule has 21 heavy (non-hydrogen) atoms. The SMILES string of the molecule is CCOC(=O)c1cnn2cc3c(nc12)C[C@@H]1CCC[C@H]1O3. The van der Waals surface area contributed by atoms with Crippen LogP contribution in [0.25, 0.3) is 5.65 Å². The molecular weight excluding hydrogens is 270 g/mol. The molecule has 0 aromatic carbocycles. The number of aromatic nitrogens is 3. The minimum atomic E-state index is -0.379. The topological polar surface area (TPSA) is 65.7 Å². The Morgan fingerprint density at radius 1 is 1.52 bits per heavy atom. The number of hydrogen-bond donors (Lipinski definition) is 0. The zero-order valence-corrected chi connectivity index (χ0v) is 11.9. The number of hydrogen-bond acceptors (Lipinski definition) is 5. The number of fused-ring (bicyclic) bond motifs is 3. The Morgan fingerprint density at radius 2 is 2.43 bits per heavy atom. The van der Waals surface area contributed by atoms with E-state index < -0.39 is 0 Å². The number of nitrogens with zero attached hydrogens (tertiary/aromatic N) is 3. The second-order valence-corrected chi connectivity index (χ2v) is 5.65. The van der Waals surface area contributed by atoms with Crippen molar-refractivity contribution in [2.45, 2.75) is 38.7 Å². The standard InChI is InChI=1S/C15H17N3O3/c1-2-20-15(19)10-7-16-18-8-13-11(17-14(10)18)6-9-4-3-5-12(9)21-13/h7-9,12H,2-6H2,1H3/t9-,12+/m0/s1. The van der Waals surface area contributed by atoms with E-state index in [1.807, 2.05) is 6.20 Å². The first-order valence-electron chi connectivity index (χ1n) is 7.47. The lowest BCUT2D eigenvalue weighted by Crippen LogP contribution is -2.29. The number of carbonyl (C=O) groups excluding carboxylic acids is 1. The lowest BCUT2D eigenvalue weighted by Gasteiger charge is -2.27. The van der Waals surface area contributed by atoms with E-state index in [0.717, 1.165) is 24.3 Å². The van der Waals surface area contributed by atoms with Crippen LogP contribution >= 0.6 is 0 Å². The van der Waals surface area contributed by atoms with Gasteiger partial charge in [-0.05, 0) is 32.6 Å². The highest BCUT2D eigenvalue weighted by Gasteiger charge is 2.35. The van der Waals surface area contributed by atoms with Crippen LogP contribution in [0, 0.1) is 5.92 Å². The fourth-order valence-electron chi connectivity index (χ4n) is 3.33. The first kappa shape index (κ1) is 12.6. The first-order valence-corrected chi connectivity index (χ1v) is 7.47. The van der Waals surface area contributed by atoms with Crippen molar-refractivity contribution in [3.63, 3.8) is 0 Å². The van der Waals surface area contributed by atoms with Crippen molar-refractivity contribution < 1.29 is 14.3 Å². The third kappa shape index (κ3) is 1.97. The van der Waals surface area contributed by atoms with Crippen molar-refractivity contribution in [2.75, 3.05) is 6.61 Å². The smallest absolute Gasteiger partial charge is 0.343 e. The van der Waals surface area contributed by atoms with Crippen LogP contribution < -0.4 is 4.74 Å². The molecule has 2 aliphatic rings. The Balaban J connectivity index is 1.76. The summed E-state index contributed by atoms with van der Waals surface area (Å²) in [5.74, 6) is 0.973. The molecule has 3 heterocycles. The van der Waals surface area contributed by atoms with Crippen molar-refractivity contribution in [3.8, 4) is 5.75 Å². The maximum Gasteiger partial charge on any atom is 0.343 e. The second kappa shape index (κ2) is 4.72. The van der Waals surface area contributed by atoms with Crippen LogP contribution in [0.4, 0.5) is 0 Å². The molecule has 0 amide bonds. The fraction of sp³-hybridized carbons (Fsp3) is 0.533. The molecule has 2 aromatic heterocycles. The van der Waals surface area contributed by atoms with Crippen molar-refractivity contribution in [2.24, 2.45) is 5.92 Å². The van der Waals surface area contributed by atoms with Gasteiger partial charge in [-0.1, -0.05) is 0 Å². The zero-order chi connectivity index (χ0) is 14.4. The van der Waals surface area contributed by atoms with Gasteiger partial charge in [0.1, 0.15) is 11.7 Å². The van der Waals surface area contributed by atoms with Gasteiger partial charge < -0.3 is 9.47 Å². The molecule has 1 aliphatic carbocycles. The van der Waals surface area contributed by atoms with Gasteiger partial charge in [-0.15, -0.1) is 0 Å². The Kier molecular flexibility index (Phi) is 2.83. The van der Waals surface area contributed by atoms with Gasteiger partial charge in [0.25, 0.3) is 0 Å². The van der Waals surface area contributed by atoms with Crippen LogP contribution in [0.2, 0.25) is 0 Å². The largest absolute Gasteiger partial charge is 0.487 e. The van der Waals surface area contributed by atoms with Crippen LogP contribution in [-0.4, -0.2) is 33.3 Å². The Morgan fingerprint density at radius 3 is 3.29 bits per heavy atom. The molecule has 4 rings (SSSR count). The number of esters is 1. The first-order chi connectivity index (χ1) is 10.3. The molecule has 6 heteroatoms. The fourth-order valence-corrected chi connectivity index (χ4v) is 3.33. The summed E-state index contributed by atoms with van der Waals surface area (Å²) in [5, 5.41) is 4.19. The van der Waals surface area contributed by atoms with Gasteiger partial charge in [0.15, 0.2) is 11.4 Å². The van der Waals surface area contributed by atoms with E-state index in [4.69, 9.17) is 9.47 Å².